The molecular weight excluding hydrogens is 541 g/mol. The average Bonchev–Trinajstić information content (AvgIpc) is 3.37. The maximum absolute atomic E-state index is 15.1. The molecular formula is C32H28FN3O6. The second-order valence-corrected chi connectivity index (χ2v) is 11.2. The predicted octanol–water partition coefficient (Wildman–Crippen LogP) is 3.44. The number of fused-ring (bicyclic) bond motifs is 5. The molecule has 1 amide bonds. The van der Waals surface area contributed by atoms with Gasteiger partial charge < -0.3 is 24.8 Å². The van der Waals surface area contributed by atoms with Gasteiger partial charge in [-0.3, -0.25) is 9.59 Å². The highest BCUT2D eigenvalue weighted by Crippen LogP contribution is 2.46. The van der Waals surface area contributed by atoms with Crippen LogP contribution in [0, 0.1) is 12.7 Å². The van der Waals surface area contributed by atoms with Crippen molar-refractivity contribution < 1.29 is 28.9 Å². The average molecular weight is 570 g/mol. The highest BCUT2D eigenvalue weighted by Gasteiger charge is 2.46. The SMILES string of the molecule is CC[C@@]1(O)C(=O)OCc2c1cc1n(c2=O)Cc2c-1nc1cc(F)c(C)c3c1c2[C@@H](NC(=O)c1ccc(CO)cc1)CC3. The molecule has 2 aromatic carbocycles. The van der Waals surface area contributed by atoms with Gasteiger partial charge in [-0.05, 0) is 66.6 Å². The van der Waals surface area contributed by atoms with Gasteiger partial charge in [0.15, 0.2) is 5.60 Å². The number of aryl methyl sites for hydroxylation is 1. The number of pyridine rings is 2. The number of amides is 1. The van der Waals surface area contributed by atoms with Crippen molar-refractivity contribution in [1.82, 2.24) is 14.9 Å². The van der Waals surface area contributed by atoms with Crippen LogP contribution in [0.15, 0.2) is 41.2 Å². The summed E-state index contributed by atoms with van der Waals surface area (Å²) >= 11 is 0. The van der Waals surface area contributed by atoms with Crippen molar-refractivity contribution in [2.24, 2.45) is 0 Å². The Bertz CT molecular complexity index is 1920. The molecule has 1 aliphatic carbocycles. The molecule has 0 radical (unpaired) electrons. The fraction of sp³-hybridized carbons (Fsp3) is 0.312. The summed E-state index contributed by atoms with van der Waals surface area (Å²) in [7, 11) is 0. The number of ether oxygens (including phenoxy) is 1. The Morgan fingerprint density at radius 2 is 1.95 bits per heavy atom. The molecule has 3 aliphatic rings. The number of cyclic esters (lactones) is 1. The molecule has 4 heterocycles. The molecule has 0 spiro atoms. The summed E-state index contributed by atoms with van der Waals surface area (Å²) in [5.41, 5.74) is 3.37. The first-order chi connectivity index (χ1) is 20.2. The first kappa shape index (κ1) is 26.5. The summed E-state index contributed by atoms with van der Waals surface area (Å²) in [6, 6.07) is 9.26. The van der Waals surface area contributed by atoms with Crippen molar-refractivity contribution >= 4 is 22.8 Å². The Hall–Kier alpha value is -4.41. The number of hydrogen-bond acceptors (Lipinski definition) is 7. The third-order valence-electron chi connectivity index (χ3n) is 9.08. The van der Waals surface area contributed by atoms with E-state index in [1.807, 2.05) is 0 Å². The molecule has 0 saturated heterocycles. The Kier molecular flexibility index (Phi) is 5.87. The van der Waals surface area contributed by atoms with Crippen LogP contribution in [0.1, 0.15) is 75.1 Å². The van der Waals surface area contributed by atoms with Gasteiger partial charge in [0, 0.05) is 28.1 Å². The molecule has 0 fully saturated rings. The third kappa shape index (κ3) is 3.61. The number of carbonyl (C=O) groups is 2. The molecule has 0 bridgehead atoms. The second-order valence-electron chi connectivity index (χ2n) is 11.2. The summed E-state index contributed by atoms with van der Waals surface area (Å²) in [6.45, 7) is 3.18. The molecule has 0 saturated carbocycles. The molecule has 4 aromatic rings. The highest BCUT2D eigenvalue weighted by atomic mass is 19.1. The van der Waals surface area contributed by atoms with Crippen LogP contribution in [0.3, 0.4) is 0 Å². The number of esters is 1. The van der Waals surface area contributed by atoms with E-state index in [-0.39, 0.29) is 54.6 Å². The molecule has 3 N–H and O–H groups in total. The normalized spacial score (nSPS) is 20.1. The second kappa shape index (κ2) is 9.30. The van der Waals surface area contributed by atoms with Crippen molar-refractivity contribution in [3.63, 3.8) is 0 Å². The molecule has 7 rings (SSSR count). The highest BCUT2D eigenvalue weighted by molar-refractivity contribution is 5.97. The van der Waals surface area contributed by atoms with E-state index < -0.39 is 17.6 Å². The van der Waals surface area contributed by atoms with E-state index in [0.29, 0.717) is 46.4 Å². The smallest absolute Gasteiger partial charge is 0.343 e. The van der Waals surface area contributed by atoms with Crippen LogP contribution < -0.4 is 10.9 Å². The van der Waals surface area contributed by atoms with Crippen LogP contribution in [0.5, 0.6) is 0 Å². The van der Waals surface area contributed by atoms with Crippen LogP contribution in [0.4, 0.5) is 4.39 Å². The van der Waals surface area contributed by atoms with Gasteiger partial charge in [-0.25, -0.2) is 14.2 Å². The quantitative estimate of drug-likeness (QED) is 0.283. The minimum atomic E-state index is -1.96. The lowest BCUT2D eigenvalue weighted by atomic mass is 9.81. The van der Waals surface area contributed by atoms with Crippen molar-refractivity contribution in [2.45, 2.75) is 64.5 Å². The van der Waals surface area contributed by atoms with Gasteiger partial charge in [0.2, 0.25) is 0 Å². The van der Waals surface area contributed by atoms with E-state index in [2.05, 4.69) is 5.32 Å². The number of aliphatic hydroxyl groups is 2. The molecule has 42 heavy (non-hydrogen) atoms. The minimum Gasteiger partial charge on any atom is -0.458 e. The first-order valence-electron chi connectivity index (χ1n) is 14.0. The predicted molar refractivity (Wildman–Crippen MR) is 150 cm³/mol. The zero-order valence-electron chi connectivity index (χ0n) is 23.1. The summed E-state index contributed by atoms with van der Waals surface area (Å²) in [4.78, 5) is 44.5. The van der Waals surface area contributed by atoms with Crippen LogP contribution in [-0.2, 0) is 41.3 Å². The number of nitrogens with one attached hydrogen (secondary N) is 1. The van der Waals surface area contributed by atoms with Crippen molar-refractivity contribution in [2.75, 3.05) is 0 Å². The van der Waals surface area contributed by atoms with Gasteiger partial charge >= 0.3 is 5.97 Å². The lowest BCUT2D eigenvalue weighted by molar-refractivity contribution is -0.172. The van der Waals surface area contributed by atoms with Gasteiger partial charge in [0.25, 0.3) is 11.5 Å². The number of rotatable bonds is 4. The van der Waals surface area contributed by atoms with Crippen LogP contribution in [0.25, 0.3) is 22.3 Å². The van der Waals surface area contributed by atoms with Crippen molar-refractivity contribution in [3.05, 3.63) is 97.1 Å². The van der Waals surface area contributed by atoms with Gasteiger partial charge in [0.1, 0.15) is 12.4 Å². The lowest BCUT2D eigenvalue weighted by Crippen LogP contribution is -2.44. The number of aliphatic hydroxyl groups excluding tert-OH is 1. The Labute approximate surface area is 239 Å². The summed E-state index contributed by atoms with van der Waals surface area (Å²) < 4.78 is 21.8. The number of aromatic nitrogens is 2. The topological polar surface area (TPSA) is 131 Å². The zero-order valence-corrected chi connectivity index (χ0v) is 23.1. The fourth-order valence-electron chi connectivity index (χ4n) is 6.70. The van der Waals surface area contributed by atoms with E-state index in [0.717, 1.165) is 22.1 Å². The Morgan fingerprint density at radius 3 is 2.67 bits per heavy atom. The summed E-state index contributed by atoms with van der Waals surface area (Å²) in [5, 5.41) is 24.5. The Morgan fingerprint density at radius 1 is 1.19 bits per heavy atom. The molecule has 10 heteroatoms. The number of benzene rings is 2. The Balaban J connectivity index is 1.43. The van der Waals surface area contributed by atoms with Crippen LogP contribution in [-0.4, -0.2) is 31.6 Å². The molecule has 214 valence electrons. The van der Waals surface area contributed by atoms with Crippen LogP contribution in [0.2, 0.25) is 0 Å². The number of nitrogens with zero attached hydrogens (tertiary/aromatic N) is 2. The molecule has 2 atom stereocenters. The summed E-state index contributed by atoms with van der Waals surface area (Å²) in [5.74, 6) is -1.48. The van der Waals surface area contributed by atoms with Gasteiger partial charge in [-0.15, -0.1) is 0 Å². The van der Waals surface area contributed by atoms with Gasteiger partial charge in [-0.1, -0.05) is 19.1 Å². The first-order valence-corrected chi connectivity index (χ1v) is 14.0. The fourth-order valence-corrected chi connectivity index (χ4v) is 6.70. The van der Waals surface area contributed by atoms with E-state index in [1.165, 1.54) is 6.07 Å². The van der Waals surface area contributed by atoms with E-state index >= 15 is 4.39 Å². The number of hydrogen-bond donors (Lipinski definition) is 3. The van der Waals surface area contributed by atoms with E-state index in [1.54, 1.807) is 48.7 Å². The van der Waals surface area contributed by atoms with Gasteiger partial charge in [0.05, 0.1) is 41.7 Å². The molecule has 0 unspecified atom stereocenters. The monoisotopic (exact) mass is 569 g/mol. The van der Waals surface area contributed by atoms with Crippen molar-refractivity contribution in [3.8, 4) is 11.4 Å². The van der Waals surface area contributed by atoms with Crippen LogP contribution >= 0.6 is 0 Å². The molecule has 9 nitrogen and oxygen atoms in total. The molecule has 2 aromatic heterocycles. The van der Waals surface area contributed by atoms with E-state index in [9.17, 15) is 24.6 Å². The minimum absolute atomic E-state index is 0.0201. The largest absolute Gasteiger partial charge is 0.458 e. The van der Waals surface area contributed by atoms with E-state index in [4.69, 9.17) is 9.72 Å². The van der Waals surface area contributed by atoms with Crippen molar-refractivity contribution in [1.29, 1.82) is 0 Å². The standard InChI is InChI=1S/C32H28FN3O6/c1-3-32(41)21-10-25-28-19(12-36(25)30(39)20(21)14-42-31(32)40)27-23(35-29(38)17-6-4-16(13-37)5-7-17)9-8-18-15(2)22(33)11-24(34-28)26(18)27/h4-7,10-11,23,37,41H,3,8-9,12-14H2,1-2H3,(H,35,38)/t23-,32-/m0/s1. The molecule has 2 aliphatic heterocycles. The number of halogens is 1. The number of carbonyl (C=O) groups excluding carboxylic acids is 2. The maximum Gasteiger partial charge on any atom is 0.343 e. The maximum atomic E-state index is 15.1. The summed E-state index contributed by atoms with van der Waals surface area (Å²) in [6.07, 6.45) is 1.07. The zero-order chi connectivity index (χ0) is 29.5. The van der Waals surface area contributed by atoms with Gasteiger partial charge in [-0.2, -0.15) is 0 Å². The lowest BCUT2D eigenvalue weighted by Gasteiger charge is -2.31. The third-order valence-corrected chi connectivity index (χ3v) is 9.08.